The van der Waals surface area contributed by atoms with Crippen molar-refractivity contribution in [2.45, 2.75) is 32.3 Å². The zero-order valence-electron chi connectivity index (χ0n) is 18.4. The zero-order valence-corrected chi connectivity index (χ0v) is 18.4. The average molecular weight is 432 g/mol. The first kappa shape index (κ1) is 20.7. The van der Waals surface area contributed by atoms with Crippen LogP contribution in [0.25, 0.3) is 10.9 Å². The van der Waals surface area contributed by atoms with Gasteiger partial charge < -0.3 is 14.9 Å². The Balaban J connectivity index is 1.45. The van der Waals surface area contributed by atoms with Gasteiger partial charge in [0.15, 0.2) is 0 Å². The van der Waals surface area contributed by atoms with E-state index in [2.05, 4.69) is 34.7 Å². The Kier molecular flexibility index (Phi) is 5.43. The van der Waals surface area contributed by atoms with E-state index in [1.54, 1.807) is 0 Å². The molecule has 7 heteroatoms. The van der Waals surface area contributed by atoms with Crippen LogP contribution in [0, 0.1) is 5.92 Å². The lowest BCUT2D eigenvalue weighted by molar-refractivity contribution is -0.126. The number of anilines is 1. The fourth-order valence-electron chi connectivity index (χ4n) is 5.44. The number of H-pyrrole nitrogens is 1. The highest BCUT2D eigenvalue weighted by molar-refractivity contribution is 5.87. The molecule has 2 aliphatic rings. The number of carbonyl (C=O) groups is 1. The van der Waals surface area contributed by atoms with E-state index >= 15 is 0 Å². The number of carbonyl (C=O) groups excluding carboxylic acids is 1. The number of fused-ring (bicyclic) bond motifs is 2. The molecule has 0 saturated carbocycles. The monoisotopic (exact) mass is 431 g/mol. The molecule has 32 heavy (non-hydrogen) atoms. The lowest BCUT2D eigenvalue weighted by Crippen LogP contribution is -2.48. The molecule has 5 rings (SSSR count). The molecule has 2 atom stereocenters. The van der Waals surface area contributed by atoms with Crippen LogP contribution in [0.15, 0.2) is 43.2 Å². The Morgan fingerprint density at radius 2 is 2.06 bits per heavy atom. The van der Waals surface area contributed by atoms with E-state index in [-0.39, 0.29) is 18.4 Å². The van der Waals surface area contributed by atoms with Crippen LogP contribution < -0.4 is 4.90 Å². The number of pyridine rings is 1. The van der Waals surface area contributed by atoms with Crippen molar-refractivity contribution < 1.29 is 9.90 Å². The quantitative estimate of drug-likeness (QED) is 0.621. The van der Waals surface area contributed by atoms with Crippen LogP contribution in [0.4, 0.5) is 5.69 Å². The molecule has 1 aromatic carbocycles. The van der Waals surface area contributed by atoms with Gasteiger partial charge in [-0.2, -0.15) is 5.10 Å². The van der Waals surface area contributed by atoms with Crippen LogP contribution in [0.1, 0.15) is 35.2 Å². The van der Waals surface area contributed by atoms with E-state index < -0.39 is 0 Å². The number of aliphatic hydroxyl groups is 1. The van der Waals surface area contributed by atoms with E-state index in [9.17, 15) is 9.90 Å². The number of nitrogens with zero attached hydrogens (tertiary/aromatic N) is 4. The number of nitrogens with one attached hydrogen (secondary N) is 1. The minimum absolute atomic E-state index is 0.00554. The molecule has 0 unspecified atom stereocenters. The minimum Gasteiger partial charge on any atom is -0.392 e. The number of aromatic amines is 1. The molecule has 2 N–H and O–H groups in total. The number of benzene rings is 1. The van der Waals surface area contributed by atoms with Crippen LogP contribution in [-0.4, -0.2) is 57.3 Å². The predicted octanol–water partition coefficient (Wildman–Crippen LogP) is 2.80. The summed E-state index contributed by atoms with van der Waals surface area (Å²) in [5, 5.41) is 18.4. The normalized spacial score (nSPS) is 20.9. The van der Waals surface area contributed by atoms with E-state index in [4.69, 9.17) is 4.98 Å². The molecular weight excluding hydrogens is 402 g/mol. The van der Waals surface area contributed by atoms with E-state index in [1.807, 2.05) is 29.4 Å². The molecule has 0 bridgehead atoms. The topological polar surface area (TPSA) is 85.4 Å². The highest BCUT2D eigenvalue weighted by Gasteiger charge is 2.33. The molecule has 3 heterocycles. The molecule has 166 valence electrons. The predicted molar refractivity (Wildman–Crippen MR) is 125 cm³/mol. The van der Waals surface area contributed by atoms with Gasteiger partial charge in [0.25, 0.3) is 0 Å². The van der Waals surface area contributed by atoms with E-state index in [0.29, 0.717) is 19.0 Å². The Bertz CT molecular complexity index is 1160. The van der Waals surface area contributed by atoms with Crippen molar-refractivity contribution in [1.29, 1.82) is 0 Å². The Labute approximate surface area is 187 Å². The second-order valence-electron chi connectivity index (χ2n) is 8.89. The van der Waals surface area contributed by atoms with Crippen molar-refractivity contribution in [1.82, 2.24) is 20.1 Å². The third-order valence-corrected chi connectivity index (χ3v) is 7.15. The average Bonchev–Trinajstić information content (AvgIpc) is 3.31. The SMILES string of the molecule is C=CC(=O)N1CCN(c2ccnc3c2C[C@@H](C)[C@H](c2c(CO)ccc4[nH]ncc24)C3)CC1. The molecule has 1 amide bonds. The van der Waals surface area contributed by atoms with Gasteiger partial charge in [-0.1, -0.05) is 19.6 Å². The molecule has 1 saturated heterocycles. The third-order valence-electron chi connectivity index (χ3n) is 7.15. The maximum atomic E-state index is 11.9. The van der Waals surface area contributed by atoms with Crippen LogP contribution in [0.3, 0.4) is 0 Å². The number of rotatable bonds is 4. The standard InChI is InChI=1S/C25H29N5O2/c1-3-24(32)30-10-8-29(9-11-30)23-6-7-26-22-13-18(16(2)12-19(22)23)25-17(15-31)4-5-21-20(25)14-27-28-21/h3-7,14,16,18,31H,1,8-13,15H2,2H3,(H,27,28)/t16-,18-/m1/s1. The van der Waals surface area contributed by atoms with Crippen LogP contribution in [0.5, 0.6) is 0 Å². The first-order valence-corrected chi connectivity index (χ1v) is 11.3. The maximum Gasteiger partial charge on any atom is 0.246 e. The smallest absolute Gasteiger partial charge is 0.246 e. The summed E-state index contributed by atoms with van der Waals surface area (Å²) in [6.07, 6.45) is 6.96. The van der Waals surface area contributed by atoms with E-state index in [0.717, 1.165) is 48.1 Å². The zero-order chi connectivity index (χ0) is 22.2. The van der Waals surface area contributed by atoms with Gasteiger partial charge in [-0.05, 0) is 59.6 Å². The molecule has 7 nitrogen and oxygen atoms in total. The van der Waals surface area contributed by atoms with Crippen molar-refractivity contribution in [3.8, 4) is 0 Å². The highest BCUT2D eigenvalue weighted by Crippen LogP contribution is 2.43. The summed E-state index contributed by atoms with van der Waals surface area (Å²) in [6.45, 7) is 8.98. The fraction of sp³-hybridized carbons (Fsp3) is 0.400. The van der Waals surface area contributed by atoms with Gasteiger partial charge in [0.2, 0.25) is 5.91 Å². The van der Waals surface area contributed by atoms with Crippen molar-refractivity contribution in [3.05, 3.63) is 65.6 Å². The highest BCUT2D eigenvalue weighted by atomic mass is 16.3. The van der Waals surface area contributed by atoms with Gasteiger partial charge in [-0.25, -0.2) is 0 Å². The lowest BCUT2D eigenvalue weighted by Gasteiger charge is -2.39. The van der Waals surface area contributed by atoms with E-state index in [1.165, 1.54) is 22.9 Å². The van der Waals surface area contributed by atoms with Gasteiger partial charge in [-0.3, -0.25) is 14.9 Å². The number of piperazine rings is 1. The third kappa shape index (κ3) is 3.46. The minimum atomic E-state index is 0.00554. The first-order chi connectivity index (χ1) is 15.6. The maximum absolute atomic E-state index is 11.9. The van der Waals surface area contributed by atoms with Gasteiger partial charge in [0.05, 0.1) is 18.3 Å². The summed E-state index contributed by atoms with van der Waals surface area (Å²) in [5.74, 6) is 0.682. The number of aromatic nitrogens is 3. The van der Waals surface area contributed by atoms with Crippen molar-refractivity contribution in [3.63, 3.8) is 0 Å². The van der Waals surface area contributed by atoms with Crippen molar-refractivity contribution in [2.24, 2.45) is 5.92 Å². The number of aliphatic hydroxyl groups excluding tert-OH is 1. The van der Waals surface area contributed by atoms with Gasteiger partial charge in [0.1, 0.15) is 0 Å². The van der Waals surface area contributed by atoms with Gasteiger partial charge >= 0.3 is 0 Å². The van der Waals surface area contributed by atoms with Crippen molar-refractivity contribution in [2.75, 3.05) is 31.1 Å². The van der Waals surface area contributed by atoms with Crippen LogP contribution in [0.2, 0.25) is 0 Å². The molecule has 1 aliphatic carbocycles. The molecule has 1 aliphatic heterocycles. The summed E-state index contributed by atoms with van der Waals surface area (Å²) >= 11 is 0. The molecule has 0 radical (unpaired) electrons. The first-order valence-electron chi connectivity index (χ1n) is 11.3. The molecule has 1 fully saturated rings. The van der Waals surface area contributed by atoms with Crippen LogP contribution >= 0.6 is 0 Å². The van der Waals surface area contributed by atoms with Gasteiger partial charge in [-0.15, -0.1) is 0 Å². The Morgan fingerprint density at radius 3 is 2.81 bits per heavy atom. The molecular formula is C25H29N5O2. The Morgan fingerprint density at radius 1 is 1.25 bits per heavy atom. The lowest BCUT2D eigenvalue weighted by atomic mass is 9.73. The Hall–Kier alpha value is -3.19. The largest absolute Gasteiger partial charge is 0.392 e. The van der Waals surface area contributed by atoms with Gasteiger partial charge in [0, 0.05) is 49.1 Å². The second-order valence-corrected chi connectivity index (χ2v) is 8.89. The molecule has 3 aromatic rings. The van der Waals surface area contributed by atoms with Crippen molar-refractivity contribution >= 4 is 22.5 Å². The number of amides is 1. The molecule has 2 aromatic heterocycles. The second kappa shape index (κ2) is 8.39. The molecule has 0 spiro atoms. The summed E-state index contributed by atoms with van der Waals surface area (Å²) in [5.41, 5.74) is 6.88. The summed E-state index contributed by atoms with van der Waals surface area (Å²) in [6, 6.07) is 6.12. The number of hydrogen-bond donors (Lipinski definition) is 2. The number of hydrogen-bond acceptors (Lipinski definition) is 5. The van der Waals surface area contributed by atoms with Crippen LogP contribution in [-0.2, 0) is 24.2 Å². The fourth-order valence-corrected chi connectivity index (χ4v) is 5.44. The summed E-state index contributed by atoms with van der Waals surface area (Å²) < 4.78 is 0. The summed E-state index contributed by atoms with van der Waals surface area (Å²) in [7, 11) is 0. The summed E-state index contributed by atoms with van der Waals surface area (Å²) in [4.78, 5) is 21.0.